The van der Waals surface area contributed by atoms with Gasteiger partial charge in [0.05, 0.1) is 11.8 Å². The first kappa shape index (κ1) is 24.7. The Hall–Kier alpha value is -3.02. The van der Waals surface area contributed by atoms with E-state index < -0.39 is 0 Å². The van der Waals surface area contributed by atoms with Gasteiger partial charge in [-0.05, 0) is 68.2 Å². The fourth-order valence-corrected chi connectivity index (χ4v) is 5.39. The van der Waals surface area contributed by atoms with Gasteiger partial charge >= 0.3 is 0 Å². The lowest BCUT2D eigenvalue weighted by atomic mass is 9.95. The average Bonchev–Trinajstić information content (AvgIpc) is 3.44. The Bertz CT molecular complexity index is 1330. The van der Waals surface area contributed by atoms with Gasteiger partial charge in [0.25, 0.3) is 5.91 Å². The van der Waals surface area contributed by atoms with Crippen molar-refractivity contribution in [2.45, 2.75) is 32.3 Å². The largest absolute Gasteiger partial charge is 0.492 e. The van der Waals surface area contributed by atoms with Crippen molar-refractivity contribution in [2.24, 2.45) is 0 Å². The monoisotopic (exact) mass is 504 g/mol. The van der Waals surface area contributed by atoms with Gasteiger partial charge in [0, 0.05) is 48.3 Å². The van der Waals surface area contributed by atoms with Gasteiger partial charge in [-0.3, -0.25) is 4.79 Å². The molecule has 0 N–H and O–H groups in total. The lowest BCUT2D eigenvalue weighted by molar-refractivity contribution is -0.115. The van der Waals surface area contributed by atoms with Crippen molar-refractivity contribution in [2.75, 3.05) is 44.6 Å². The van der Waals surface area contributed by atoms with E-state index >= 15 is 0 Å². The van der Waals surface area contributed by atoms with Crippen LogP contribution in [0, 0.1) is 0 Å². The number of ether oxygens (including phenoxy) is 2. The van der Waals surface area contributed by atoms with Crippen LogP contribution in [0.5, 0.6) is 11.5 Å². The summed E-state index contributed by atoms with van der Waals surface area (Å²) >= 11 is 6.44. The quantitative estimate of drug-likeness (QED) is 0.359. The summed E-state index contributed by atoms with van der Waals surface area (Å²) in [6.45, 7) is 6.08. The highest BCUT2D eigenvalue weighted by Crippen LogP contribution is 2.46. The van der Waals surface area contributed by atoms with Gasteiger partial charge in [-0.1, -0.05) is 30.3 Å². The summed E-state index contributed by atoms with van der Waals surface area (Å²) in [6.07, 6.45) is 2.66. The van der Waals surface area contributed by atoms with E-state index in [-0.39, 0.29) is 17.9 Å². The van der Waals surface area contributed by atoms with E-state index in [4.69, 9.17) is 21.1 Å². The van der Waals surface area contributed by atoms with E-state index in [0.717, 1.165) is 56.8 Å². The predicted molar refractivity (Wildman–Crippen MR) is 148 cm³/mol. The summed E-state index contributed by atoms with van der Waals surface area (Å²) in [7, 11) is 4.05. The molecule has 0 bridgehead atoms. The Morgan fingerprint density at radius 2 is 1.92 bits per heavy atom. The van der Waals surface area contributed by atoms with Crippen LogP contribution in [0.25, 0.3) is 16.8 Å². The number of alkyl halides is 1. The highest BCUT2D eigenvalue weighted by atomic mass is 35.5. The third-order valence-corrected chi connectivity index (χ3v) is 7.20. The molecule has 1 aliphatic carbocycles. The lowest BCUT2D eigenvalue weighted by Crippen LogP contribution is -2.31. The summed E-state index contributed by atoms with van der Waals surface area (Å²) in [5.74, 6) is 2.19. The maximum Gasteiger partial charge on any atom is 0.254 e. The third kappa shape index (κ3) is 4.70. The zero-order valence-electron chi connectivity index (χ0n) is 21.4. The van der Waals surface area contributed by atoms with Gasteiger partial charge in [0.2, 0.25) is 0 Å². The number of likely N-dealkylation sites (N-methyl/N-ethyl adjacent to an activating group) is 1. The molecule has 2 aliphatic rings. The molecular formula is C30H33ClN2O3. The zero-order valence-corrected chi connectivity index (χ0v) is 22.1. The Labute approximate surface area is 218 Å². The van der Waals surface area contributed by atoms with Crippen LogP contribution < -0.4 is 14.4 Å². The van der Waals surface area contributed by atoms with E-state index in [1.165, 1.54) is 0 Å². The van der Waals surface area contributed by atoms with Crippen LogP contribution in [0.2, 0.25) is 0 Å². The summed E-state index contributed by atoms with van der Waals surface area (Å²) in [5, 5.41) is 2.17. The first-order valence-corrected chi connectivity index (χ1v) is 13.1. The SMILES string of the molecule is CC(C)Oc1cc2c(c3ccccc13)[C@H](CCl)CN2C(=O)C1=Cc2cc(OCCN(C)C)ccc2C1. The Morgan fingerprint density at radius 1 is 1.14 bits per heavy atom. The Balaban J connectivity index is 1.46. The highest BCUT2D eigenvalue weighted by molar-refractivity contribution is 6.19. The number of halogens is 1. The second-order valence-electron chi connectivity index (χ2n) is 10.1. The molecule has 0 radical (unpaired) electrons. The van der Waals surface area contributed by atoms with Crippen LogP contribution in [0.1, 0.15) is 36.5 Å². The Kier molecular flexibility index (Phi) is 6.96. The number of benzene rings is 3. The minimum absolute atomic E-state index is 0.0286. The van der Waals surface area contributed by atoms with E-state index in [1.807, 2.05) is 69.3 Å². The van der Waals surface area contributed by atoms with Crippen LogP contribution in [0.3, 0.4) is 0 Å². The van der Waals surface area contributed by atoms with E-state index in [0.29, 0.717) is 25.5 Å². The molecule has 188 valence electrons. The highest BCUT2D eigenvalue weighted by Gasteiger charge is 2.36. The molecule has 0 spiro atoms. The first-order valence-electron chi connectivity index (χ1n) is 12.6. The molecule has 6 heteroatoms. The number of carbonyl (C=O) groups excluding carboxylic acids is 1. The molecule has 1 heterocycles. The normalized spacial score (nSPS) is 16.5. The molecule has 5 nitrogen and oxygen atoms in total. The topological polar surface area (TPSA) is 42.0 Å². The molecule has 0 fully saturated rings. The average molecular weight is 505 g/mol. The van der Waals surface area contributed by atoms with Crippen molar-refractivity contribution >= 4 is 40.0 Å². The van der Waals surface area contributed by atoms with Crippen LogP contribution in [-0.4, -0.2) is 56.6 Å². The number of hydrogen-bond acceptors (Lipinski definition) is 4. The molecule has 3 aromatic carbocycles. The van der Waals surface area contributed by atoms with Gasteiger partial charge in [0.1, 0.15) is 18.1 Å². The van der Waals surface area contributed by atoms with Crippen LogP contribution in [0.15, 0.2) is 54.1 Å². The minimum Gasteiger partial charge on any atom is -0.492 e. The summed E-state index contributed by atoms with van der Waals surface area (Å²) in [5.41, 5.74) is 5.03. The van der Waals surface area contributed by atoms with Gasteiger partial charge < -0.3 is 19.3 Å². The van der Waals surface area contributed by atoms with Crippen molar-refractivity contribution in [1.29, 1.82) is 0 Å². The standard InChI is InChI=1S/C30H33ClN2O3/c1-19(2)36-28-16-27-29(26-8-6-5-7-25(26)28)23(17-31)18-33(27)30(34)22-13-20-9-10-24(15-21(20)14-22)35-12-11-32(3)4/h5-10,14-16,19,23H,11-13,17-18H2,1-4H3/t23-/m1/s1. The summed E-state index contributed by atoms with van der Waals surface area (Å²) in [4.78, 5) is 17.9. The van der Waals surface area contributed by atoms with Crippen molar-refractivity contribution in [1.82, 2.24) is 4.90 Å². The maximum atomic E-state index is 13.9. The number of nitrogens with zero attached hydrogens (tertiary/aromatic N) is 2. The van der Waals surface area contributed by atoms with Gasteiger partial charge in [-0.15, -0.1) is 11.6 Å². The van der Waals surface area contributed by atoms with Crippen molar-refractivity contribution in [3.63, 3.8) is 0 Å². The predicted octanol–water partition coefficient (Wildman–Crippen LogP) is 5.88. The first-order chi connectivity index (χ1) is 17.4. The fourth-order valence-electron chi connectivity index (χ4n) is 5.14. The number of hydrogen-bond donors (Lipinski definition) is 0. The number of rotatable bonds is 8. The maximum absolute atomic E-state index is 13.9. The van der Waals surface area contributed by atoms with Crippen LogP contribution >= 0.6 is 11.6 Å². The van der Waals surface area contributed by atoms with Crippen LogP contribution in [0.4, 0.5) is 5.69 Å². The molecule has 0 unspecified atom stereocenters. The molecule has 36 heavy (non-hydrogen) atoms. The minimum atomic E-state index is 0.0286. The third-order valence-electron chi connectivity index (χ3n) is 6.83. The molecule has 0 aromatic heterocycles. The molecule has 5 rings (SSSR count). The number of carbonyl (C=O) groups is 1. The lowest BCUT2D eigenvalue weighted by Gasteiger charge is -2.21. The van der Waals surface area contributed by atoms with Crippen molar-refractivity contribution < 1.29 is 14.3 Å². The Morgan fingerprint density at radius 3 is 2.64 bits per heavy atom. The van der Waals surface area contributed by atoms with Gasteiger partial charge in [-0.2, -0.15) is 0 Å². The molecule has 0 saturated carbocycles. The van der Waals surface area contributed by atoms with E-state index in [1.54, 1.807) is 0 Å². The van der Waals surface area contributed by atoms with Gasteiger partial charge in [-0.25, -0.2) is 0 Å². The molecule has 0 saturated heterocycles. The smallest absolute Gasteiger partial charge is 0.254 e. The van der Waals surface area contributed by atoms with E-state index in [2.05, 4.69) is 23.1 Å². The second-order valence-corrected chi connectivity index (χ2v) is 10.5. The van der Waals surface area contributed by atoms with Crippen molar-refractivity contribution in [3.05, 3.63) is 70.8 Å². The van der Waals surface area contributed by atoms with Crippen LogP contribution in [-0.2, 0) is 11.2 Å². The van der Waals surface area contributed by atoms with Gasteiger partial charge in [0.15, 0.2) is 0 Å². The second kappa shape index (κ2) is 10.2. The van der Waals surface area contributed by atoms with Crippen molar-refractivity contribution in [3.8, 4) is 11.5 Å². The number of anilines is 1. The van der Waals surface area contributed by atoms with E-state index in [9.17, 15) is 4.79 Å². The summed E-state index contributed by atoms with van der Waals surface area (Å²) in [6, 6.07) is 16.4. The fraction of sp³-hybridized carbons (Fsp3) is 0.367. The summed E-state index contributed by atoms with van der Waals surface area (Å²) < 4.78 is 12.1. The molecule has 3 aromatic rings. The molecule has 1 amide bonds. The number of fused-ring (bicyclic) bond motifs is 4. The number of amides is 1. The zero-order chi connectivity index (χ0) is 25.4. The molecule has 1 atom stereocenters. The molecule has 1 aliphatic heterocycles. The molecular weight excluding hydrogens is 472 g/mol.